The largest absolute Gasteiger partial charge is 0.326 e. The van der Waals surface area contributed by atoms with E-state index in [-0.39, 0.29) is 11.9 Å². The van der Waals surface area contributed by atoms with Crippen LogP contribution in [0.5, 0.6) is 0 Å². The van der Waals surface area contributed by atoms with Crippen LogP contribution in [0.1, 0.15) is 5.56 Å². The van der Waals surface area contributed by atoms with Crippen LogP contribution in [-0.2, 0) is 11.2 Å². The van der Waals surface area contributed by atoms with E-state index < -0.39 is 0 Å². The first-order chi connectivity index (χ1) is 7.72. The highest BCUT2D eigenvalue weighted by Gasteiger charge is 2.25. The lowest BCUT2D eigenvalue weighted by Crippen LogP contribution is -2.46. The summed E-state index contributed by atoms with van der Waals surface area (Å²) >= 11 is 1.55. The Kier molecular flexibility index (Phi) is 3.51. The molecule has 0 saturated carbocycles. The molecule has 16 heavy (non-hydrogen) atoms. The number of benzene rings is 1. The molecule has 1 amide bonds. The van der Waals surface area contributed by atoms with E-state index in [0.717, 1.165) is 12.1 Å². The summed E-state index contributed by atoms with van der Waals surface area (Å²) in [6.07, 6.45) is 2.80. The van der Waals surface area contributed by atoms with E-state index in [1.54, 1.807) is 11.8 Å². The monoisotopic (exact) mass is 236 g/mol. The van der Waals surface area contributed by atoms with Gasteiger partial charge in [-0.25, -0.2) is 0 Å². The van der Waals surface area contributed by atoms with E-state index >= 15 is 0 Å². The number of anilines is 1. The maximum atomic E-state index is 12.0. The summed E-state index contributed by atoms with van der Waals surface area (Å²) in [6.45, 7) is 0.635. The zero-order valence-corrected chi connectivity index (χ0v) is 10.2. The topological polar surface area (TPSA) is 46.3 Å². The third-order valence-electron chi connectivity index (χ3n) is 2.75. The highest BCUT2D eigenvalue weighted by Crippen LogP contribution is 2.26. The molecule has 0 spiro atoms. The number of carbonyl (C=O) groups excluding carboxylic acids is 1. The molecule has 1 atom stereocenters. The van der Waals surface area contributed by atoms with Gasteiger partial charge in [-0.15, -0.1) is 0 Å². The molecule has 0 radical (unpaired) electrons. The fourth-order valence-corrected chi connectivity index (χ4v) is 2.47. The number of nitrogens with zero attached hydrogens (tertiary/aromatic N) is 1. The minimum atomic E-state index is 0.0562. The summed E-state index contributed by atoms with van der Waals surface area (Å²) in [6, 6.07) is 8.07. The molecule has 1 aromatic rings. The van der Waals surface area contributed by atoms with Crippen LogP contribution in [0.2, 0.25) is 0 Å². The van der Waals surface area contributed by atoms with Crippen LogP contribution < -0.4 is 10.6 Å². The molecule has 1 heterocycles. The molecule has 0 aliphatic carbocycles. The van der Waals surface area contributed by atoms with Crippen molar-refractivity contribution in [1.29, 1.82) is 0 Å². The highest BCUT2D eigenvalue weighted by atomic mass is 32.2. The number of hydrogen-bond acceptors (Lipinski definition) is 3. The average Bonchev–Trinajstić information content (AvgIpc) is 2.28. The van der Waals surface area contributed by atoms with Crippen molar-refractivity contribution in [2.45, 2.75) is 12.5 Å². The predicted octanol–water partition coefficient (Wildman–Crippen LogP) is 1.27. The van der Waals surface area contributed by atoms with Crippen LogP contribution in [-0.4, -0.2) is 30.5 Å². The van der Waals surface area contributed by atoms with Crippen molar-refractivity contribution in [2.24, 2.45) is 5.73 Å². The van der Waals surface area contributed by atoms with Gasteiger partial charge < -0.3 is 10.6 Å². The number of nitrogens with two attached hydrogens (primary N) is 1. The van der Waals surface area contributed by atoms with Gasteiger partial charge in [-0.2, -0.15) is 11.8 Å². The van der Waals surface area contributed by atoms with Crippen LogP contribution in [0, 0.1) is 0 Å². The highest BCUT2D eigenvalue weighted by molar-refractivity contribution is 7.99. The van der Waals surface area contributed by atoms with Gasteiger partial charge in [-0.05, 0) is 24.3 Å². The molecular weight excluding hydrogens is 220 g/mol. The Morgan fingerprint density at radius 2 is 2.31 bits per heavy atom. The standard InChI is InChI=1S/C12H16N2OS/c1-16-8-12(15)14-7-10(13)6-9-4-2-3-5-11(9)14/h2-5,10H,6-8,13H2,1H3. The lowest BCUT2D eigenvalue weighted by Gasteiger charge is -2.32. The molecule has 0 bridgehead atoms. The van der Waals surface area contributed by atoms with E-state index in [1.807, 2.05) is 35.4 Å². The Hall–Kier alpha value is -1.00. The molecule has 0 aromatic heterocycles. The fourth-order valence-electron chi connectivity index (χ4n) is 2.06. The van der Waals surface area contributed by atoms with Crippen molar-refractivity contribution in [1.82, 2.24) is 0 Å². The molecule has 4 heteroatoms. The van der Waals surface area contributed by atoms with E-state index in [1.165, 1.54) is 5.56 Å². The quantitative estimate of drug-likeness (QED) is 0.841. The van der Waals surface area contributed by atoms with E-state index in [0.29, 0.717) is 12.3 Å². The Bertz CT molecular complexity index is 394. The molecule has 3 nitrogen and oxygen atoms in total. The molecule has 2 N–H and O–H groups in total. The summed E-state index contributed by atoms with van der Waals surface area (Å²) < 4.78 is 0. The zero-order valence-electron chi connectivity index (χ0n) is 9.35. The second-order valence-electron chi connectivity index (χ2n) is 4.03. The van der Waals surface area contributed by atoms with Gasteiger partial charge in [0.05, 0.1) is 5.75 Å². The second kappa shape index (κ2) is 4.89. The van der Waals surface area contributed by atoms with E-state index in [4.69, 9.17) is 5.73 Å². The molecule has 2 rings (SSSR count). The minimum absolute atomic E-state index is 0.0562. The average molecular weight is 236 g/mol. The van der Waals surface area contributed by atoms with Crippen LogP contribution >= 0.6 is 11.8 Å². The third-order valence-corrected chi connectivity index (χ3v) is 3.29. The van der Waals surface area contributed by atoms with Crippen molar-refractivity contribution in [3.8, 4) is 0 Å². The van der Waals surface area contributed by atoms with Crippen molar-refractivity contribution >= 4 is 23.4 Å². The molecule has 1 aromatic carbocycles. The first-order valence-corrected chi connectivity index (χ1v) is 6.74. The number of fused-ring (bicyclic) bond motifs is 1. The van der Waals surface area contributed by atoms with E-state index in [9.17, 15) is 4.79 Å². The smallest absolute Gasteiger partial charge is 0.237 e. The fraction of sp³-hybridized carbons (Fsp3) is 0.417. The Morgan fingerprint density at radius 3 is 3.06 bits per heavy atom. The van der Waals surface area contributed by atoms with Gasteiger partial charge in [0, 0.05) is 18.3 Å². The third kappa shape index (κ3) is 2.23. The number of thioether (sulfide) groups is 1. The van der Waals surface area contributed by atoms with E-state index in [2.05, 4.69) is 0 Å². The van der Waals surface area contributed by atoms with Crippen LogP contribution in [0.25, 0.3) is 0 Å². The van der Waals surface area contributed by atoms with Gasteiger partial charge in [0.25, 0.3) is 0 Å². The molecule has 86 valence electrons. The molecule has 1 unspecified atom stereocenters. The lowest BCUT2D eigenvalue weighted by atomic mass is 9.98. The van der Waals surface area contributed by atoms with Gasteiger partial charge in [0.1, 0.15) is 0 Å². The van der Waals surface area contributed by atoms with Crippen LogP contribution in [0.4, 0.5) is 5.69 Å². The number of hydrogen-bond donors (Lipinski definition) is 1. The van der Waals surface area contributed by atoms with Crippen LogP contribution in [0.3, 0.4) is 0 Å². The van der Waals surface area contributed by atoms with Crippen LogP contribution in [0.15, 0.2) is 24.3 Å². The van der Waals surface area contributed by atoms with Gasteiger partial charge in [0.2, 0.25) is 5.91 Å². The van der Waals surface area contributed by atoms with Crippen molar-refractivity contribution < 1.29 is 4.79 Å². The Morgan fingerprint density at radius 1 is 1.56 bits per heavy atom. The number of rotatable bonds is 2. The molecular formula is C12H16N2OS. The number of para-hydroxylation sites is 1. The second-order valence-corrected chi connectivity index (χ2v) is 4.90. The van der Waals surface area contributed by atoms with Crippen molar-refractivity contribution in [3.05, 3.63) is 29.8 Å². The summed E-state index contributed by atoms with van der Waals surface area (Å²) in [5.74, 6) is 0.663. The van der Waals surface area contributed by atoms with Gasteiger partial charge in [0.15, 0.2) is 0 Å². The SMILES string of the molecule is CSCC(=O)N1CC(N)Cc2ccccc21. The Balaban J connectivity index is 2.30. The van der Waals surface area contributed by atoms with Gasteiger partial charge in [-0.3, -0.25) is 4.79 Å². The first kappa shape index (κ1) is 11.5. The minimum Gasteiger partial charge on any atom is -0.326 e. The zero-order chi connectivity index (χ0) is 11.5. The lowest BCUT2D eigenvalue weighted by molar-refractivity contribution is -0.116. The van der Waals surface area contributed by atoms with Crippen molar-refractivity contribution in [2.75, 3.05) is 23.5 Å². The summed E-state index contributed by atoms with van der Waals surface area (Å²) in [4.78, 5) is 13.8. The summed E-state index contributed by atoms with van der Waals surface area (Å²) in [5, 5.41) is 0. The molecule has 0 saturated heterocycles. The summed E-state index contributed by atoms with van der Waals surface area (Å²) in [5.41, 5.74) is 8.18. The molecule has 1 aliphatic rings. The molecule has 0 fully saturated rings. The Labute approximate surface area is 100.0 Å². The van der Waals surface area contributed by atoms with Gasteiger partial charge in [-0.1, -0.05) is 18.2 Å². The molecule has 1 aliphatic heterocycles. The number of carbonyl (C=O) groups is 1. The predicted molar refractivity (Wildman–Crippen MR) is 68.9 cm³/mol. The van der Waals surface area contributed by atoms with Gasteiger partial charge >= 0.3 is 0 Å². The maximum Gasteiger partial charge on any atom is 0.237 e. The van der Waals surface area contributed by atoms with Crippen molar-refractivity contribution in [3.63, 3.8) is 0 Å². The number of amides is 1. The first-order valence-electron chi connectivity index (χ1n) is 5.35. The summed E-state index contributed by atoms with van der Waals surface area (Å²) in [7, 11) is 0. The normalized spacial score (nSPS) is 19.4. The maximum absolute atomic E-state index is 12.0.